The van der Waals surface area contributed by atoms with Crippen LogP contribution in [0.15, 0.2) is 60.7 Å². The minimum atomic E-state index is -1.09. The van der Waals surface area contributed by atoms with Gasteiger partial charge >= 0.3 is 0 Å². The summed E-state index contributed by atoms with van der Waals surface area (Å²) in [7, 11) is 0. The molecule has 11 nitrogen and oxygen atoms in total. The maximum Gasteiger partial charge on any atom is 0.244 e. The van der Waals surface area contributed by atoms with Crippen molar-refractivity contribution < 1.29 is 38.3 Å². The Hall–Kier alpha value is -4.51. The molecule has 1 heterocycles. The molecule has 314 valence electrons. The van der Waals surface area contributed by atoms with Crippen LogP contribution in [0.2, 0.25) is 0 Å². The van der Waals surface area contributed by atoms with E-state index in [-0.39, 0.29) is 74.4 Å². The van der Waals surface area contributed by atoms with Gasteiger partial charge in [0.2, 0.25) is 23.5 Å². The molecular weight excluding hydrogens is 735 g/mol. The molecule has 3 amide bonds. The maximum absolute atomic E-state index is 14.9. The molecule has 7 atom stereocenters. The number of primary amides is 1. The molecule has 2 aromatic rings. The molecule has 58 heavy (non-hydrogen) atoms. The first kappa shape index (κ1) is 44.6. The summed E-state index contributed by atoms with van der Waals surface area (Å²) in [4.78, 5) is 96.6. The van der Waals surface area contributed by atoms with Gasteiger partial charge in [0, 0.05) is 56.4 Å². The number of ketones is 4. The number of hydrogen-bond donors (Lipinski definition) is 2. The van der Waals surface area contributed by atoms with E-state index in [4.69, 9.17) is 10.5 Å². The van der Waals surface area contributed by atoms with Gasteiger partial charge in [0.05, 0.1) is 18.8 Å². The number of nitrogens with zero attached hydrogens (tertiary/aromatic N) is 1. The van der Waals surface area contributed by atoms with E-state index >= 15 is 0 Å². The minimum Gasteiger partial charge on any atom is -0.372 e. The first-order valence-electron chi connectivity index (χ1n) is 21.7. The highest BCUT2D eigenvalue weighted by atomic mass is 16.5. The zero-order valence-corrected chi connectivity index (χ0v) is 34.4. The number of amides is 3. The third kappa shape index (κ3) is 12.5. The number of likely N-dealkylation sites (tertiary alicyclic amines) is 1. The van der Waals surface area contributed by atoms with Gasteiger partial charge in [0.25, 0.3) is 0 Å². The molecule has 3 fully saturated rings. The maximum atomic E-state index is 14.9. The van der Waals surface area contributed by atoms with Gasteiger partial charge < -0.3 is 20.7 Å². The Morgan fingerprint density at radius 1 is 0.810 bits per heavy atom. The molecule has 11 heteroatoms. The number of carbonyl (C=O) groups excluding carboxylic acids is 7. The standard InChI is InChI=1S/C47H63N3O8/c1-3-14-36(45(55)40(51)23-24-43(54)49-44(46(48)56)34-20-11-6-12-21-34)26-42(53)39-27-37(58-30-32-16-7-4-8-17-32)29-50(39)47(57)38(33-18-9-5-10-19-33)28-41(52)35-22-13-15-31(2)25-35/h4,6-8,11-12,16-17,20-21,31,33,35-39,44H,3,5,9-10,13-15,18-19,22-30H2,1-2H3,(H2,48,56)(H,49,54)/t31?,35?,36?,37-,38?,39+,44?/m1/s1. The normalized spacial score (nSPS) is 22.7. The lowest BCUT2D eigenvalue weighted by atomic mass is 9.73. The third-order valence-corrected chi connectivity index (χ3v) is 12.6. The summed E-state index contributed by atoms with van der Waals surface area (Å²) < 4.78 is 6.33. The van der Waals surface area contributed by atoms with Crippen molar-refractivity contribution in [2.45, 2.75) is 141 Å². The second-order valence-electron chi connectivity index (χ2n) is 17.1. The predicted molar refractivity (Wildman–Crippen MR) is 220 cm³/mol. The van der Waals surface area contributed by atoms with Gasteiger partial charge in [-0.1, -0.05) is 113 Å². The van der Waals surface area contributed by atoms with Crippen LogP contribution in [0.4, 0.5) is 0 Å². The Morgan fingerprint density at radius 3 is 2.16 bits per heavy atom. The first-order valence-corrected chi connectivity index (χ1v) is 21.7. The lowest BCUT2D eigenvalue weighted by Crippen LogP contribution is -2.47. The molecular formula is C47H63N3O8. The van der Waals surface area contributed by atoms with E-state index in [1.165, 1.54) is 0 Å². The van der Waals surface area contributed by atoms with Gasteiger partial charge in [-0.05, 0) is 55.1 Å². The molecule has 3 N–H and O–H groups in total. The van der Waals surface area contributed by atoms with Crippen molar-refractivity contribution >= 4 is 40.9 Å². The van der Waals surface area contributed by atoms with Gasteiger partial charge in [-0.2, -0.15) is 0 Å². The monoisotopic (exact) mass is 797 g/mol. The smallest absolute Gasteiger partial charge is 0.244 e. The molecule has 1 aliphatic heterocycles. The van der Waals surface area contributed by atoms with Crippen LogP contribution in [0.25, 0.3) is 0 Å². The Morgan fingerprint density at radius 2 is 1.50 bits per heavy atom. The third-order valence-electron chi connectivity index (χ3n) is 12.6. The van der Waals surface area contributed by atoms with E-state index in [1.54, 1.807) is 35.2 Å². The summed E-state index contributed by atoms with van der Waals surface area (Å²) in [5.74, 6) is -4.14. The van der Waals surface area contributed by atoms with Crippen LogP contribution in [0.5, 0.6) is 0 Å². The van der Waals surface area contributed by atoms with Crippen LogP contribution in [0.3, 0.4) is 0 Å². The first-order chi connectivity index (χ1) is 27.9. The number of carbonyl (C=O) groups is 7. The topological polar surface area (TPSA) is 170 Å². The molecule has 3 aliphatic rings. The van der Waals surface area contributed by atoms with Crippen molar-refractivity contribution in [1.29, 1.82) is 0 Å². The molecule has 0 radical (unpaired) electrons. The second kappa shape index (κ2) is 22.0. The highest BCUT2D eigenvalue weighted by Crippen LogP contribution is 2.38. The molecule has 2 aliphatic carbocycles. The summed E-state index contributed by atoms with van der Waals surface area (Å²) in [6.07, 6.45) is 8.56. The Bertz CT molecular complexity index is 1730. The lowest BCUT2D eigenvalue weighted by Gasteiger charge is -2.35. The largest absolute Gasteiger partial charge is 0.372 e. The fourth-order valence-electron chi connectivity index (χ4n) is 9.40. The summed E-state index contributed by atoms with van der Waals surface area (Å²) in [5.41, 5.74) is 6.99. The van der Waals surface area contributed by atoms with Gasteiger partial charge in [0.1, 0.15) is 11.8 Å². The number of benzene rings is 2. The van der Waals surface area contributed by atoms with Crippen LogP contribution >= 0.6 is 0 Å². The van der Waals surface area contributed by atoms with Crippen LogP contribution in [0.1, 0.15) is 134 Å². The van der Waals surface area contributed by atoms with Crippen LogP contribution in [0, 0.1) is 29.6 Å². The molecule has 5 unspecified atom stereocenters. The molecule has 0 bridgehead atoms. The van der Waals surface area contributed by atoms with Crippen molar-refractivity contribution in [3.63, 3.8) is 0 Å². The highest BCUT2D eigenvalue weighted by Gasteiger charge is 2.45. The summed E-state index contributed by atoms with van der Waals surface area (Å²) in [5, 5.41) is 2.55. The lowest BCUT2D eigenvalue weighted by molar-refractivity contribution is -0.146. The summed E-state index contributed by atoms with van der Waals surface area (Å²) >= 11 is 0. The van der Waals surface area contributed by atoms with E-state index in [0.29, 0.717) is 24.5 Å². The highest BCUT2D eigenvalue weighted by molar-refractivity contribution is 6.38. The quantitative estimate of drug-likeness (QED) is 0.130. The molecule has 1 saturated heterocycles. The molecule has 2 saturated carbocycles. The zero-order chi connectivity index (χ0) is 41.6. The number of hydrogen-bond acceptors (Lipinski definition) is 8. The number of rotatable bonds is 21. The molecule has 0 spiro atoms. The van der Waals surface area contributed by atoms with E-state index in [9.17, 15) is 33.6 Å². The Balaban J connectivity index is 1.29. The molecule has 0 aromatic heterocycles. The fraction of sp³-hybridized carbons (Fsp3) is 0.596. The van der Waals surface area contributed by atoms with Crippen molar-refractivity contribution in [2.24, 2.45) is 35.3 Å². The number of Topliss-reactive ketones (excluding diaryl/α,β-unsaturated/α-hetero) is 4. The van der Waals surface area contributed by atoms with Crippen molar-refractivity contribution in [2.75, 3.05) is 6.54 Å². The Labute approximate surface area is 343 Å². The fourth-order valence-corrected chi connectivity index (χ4v) is 9.40. The van der Waals surface area contributed by atoms with Crippen molar-refractivity contribution in [1.82, 2.24) is 10.2 Å². The van der Waals surface area contributed by atoms with E-state index in [1.807, 2.05) is 37.3 Å². The van der Waals surface area contributed by atoms with Gasteiger partial charge in [0.15, 0.2) is 11.6 Å². The van der Waals surface area contributed by atoms with Gasteiger partial charge in [-0.25, -0.2) is 0 Å². The van der Waals surface area contributed by atoms with Gasteiger partial charge in [-0.3, -0.25) is 33.6 Å². The molecule has 2 aromatic carbocycles. The second-order valence-corrected chi connectivity index (χ2v) is 17.1. The van der Waals surface area contributed by atoms with Gasteiger partial charge in [-0.15, -0.1) is 0 Å². The van der Waals surface area contributed by atoms with E-state index in [0.717, 1.165) is 63.4 Å². The minimum absolute atomic E-state index is 0.0431. The number of ether oxygens (including phenoxy) is 1. The molecule has 5 rings (SSSR count). The number of nitrogens with one attached hydrogen (secondary N) is 1. The van der Waals surface area contributed by atoms with Crippen LogP contribution < -0.4 is 11.1 Å². The van der Waals surface area contributed by atoms with E-state index in [2.05, 4.69) is 12.2 Å². The predicted octanol–water partition coefficient (Wildman–Crippen LogP) is 6.79. The zero-order valence-electron chi connectivity index (χ0n) is 34.4. The van der Waals surface area contributed by atoms with Crippen LogP contribution in [-0.4, -0.2) is 64.4 Å². The Kier molecular flexibility index (Phi) is 16.9. The van der Waals surface area contributed by atoms with Crippen molar-refractivity contribution in [3.8, 4) is 0 Å². The average molecular weight is 798 g/mol. The van der Waals surface area contributed by atoms with Crippen molar-refractivity contribution in [3.05, 3.63) is 71.8 Å². The summed E-state index contributed by atoms with van der Waals surface area (Å²) in [6, 6.07) is 16.2. The van der Waals surface area contributed by atoms with E-state index < -0.39 is 53.4 Å². The average Bonchev–Trinajstić information content (AvgIpc) is 3.68. The SMILES string of the molecule is CCCC(CC(=O)[C@@H]1C[C@@H](OCc2ccccc2)CN1C(=O)C(CC(=O)C1CCCC(C)C1)C1CCCCC1)C(=O)C(=O)CCC(=O)NC(C(N)=O)c1ccccc1. The number of nitrogens with two attached hydrogens (primary N) is 1. The summed E-state index contributed by atoms with van der Waals surface area (Å²) in [6.45, 7) is 4.57. The van der Waals surface area contributed by atoms with Crippen LogP contribution in [-0.2, 0) is 44.9 Å².